The van der Waals surface area contributed by atoms with Crippen molar-refractivity contribution in [3.8, 4) is 11.1 Å². The molecule has 1 saturated heterocycles. The lowest BCUT2D eigenvalue weighted by molar-refractivity contribution is 0.0698. The third kappa shape index (κ3) is 4.61. The minimum atomic E-state index is -3.39. The molecule has 0 atom stereocenters. The summed E-state index contributed by atoms with van der Waals surface area (Å²) >= 11 is 0. The molecule has 1 amide bonds. The number of nitrogens with zero attached hydrogens (tertiary/aromatic N) is 2. The maximum atomic E-state index is 12.9. The first-order valence-corrected chi connectivity index (χ1v) is 11.6. The van der Waals surface area contributed by atoms with Crippen LogP contribution in [0.2, 0.25) is 0 Å². The van der Waals surface area contributed by atoms with E-state index in [1.165, 1.54) is 4.31 Å². The summed E-state index contributed by atoms with van der Waals surface area (Å²) in [4.78, 5) is 14.6. The maximum Gasteiger partial charge on any atom is 0.253 e. The predicted molar refractivity (Wildman–Crippen MR) is 118 cm³/mol. The van der Waals surface area contributed by atoms with Gasteiger partial charge in [-0.2, -0.15) is 4.31 Å². The molecule has 4 rings (SSSR count). The van der Waals surface area contributed by atoms with Crippen molar-refractivity contribution in [3.05, 3.63) is 96.1 Å². The van der Waals surface area contributed by atoms with Crippen molar-refractivity contribution in [2.45, 2.75) is 5.75 Å². The van der Waals surface area contributed by atoms with E-state index in [4.69, 9.17) is 0 Å². The van der Waals surface area contributed by atoms with Crippen LogP contribution >= 0.6 is 0 Å². The summed E-state index contributed by atoms with van der Waals surface area (Å²) in [5.41, 5.74) is 3.56. The zero-order valence-electron chi connectivity index (χ0n) is 16.6. The van der Waals surface area contributed by atoms with E-state index >= 15 is 0 Å². The highest BCUT2D eigenvalue weighted by Gasteiger charge is 2.29. The van der Waals surface area contributed by atoms with E-state index in [0.717, 1.165) is 16.7 Å². The highest BCUT2D eigenvalue weighted by molar-refractivity contribution is 7.88. The van der Waals surface area contributed by atoms with Crippen molar-refractivity contribution >= 4 is 15.9 Å². The Kier molecular flexibility index (Phi) is 5.97. The molecule has 0 radical (unpaired) electrons. The smallest absolute Gasteiger partial charge is 0.253 e. The zero-order chi connectivity index (χ0) is 21.0. The lowest BCUT2D eigenvalue weighted by atomic mass is 10.0. The molecule has 1 fully saturated rings. The van der Waals surface area contributed by atoms with Gasteiger partial charge in [-0.1, -0.05) is 72.8 Å². The number of hydrogen-bond donors (Lipinski definition) is 0. The monoisotopic (exact) mass is 420 g/mol. The standard InChI is InChI=1S/C24H24N2O3S/c27-24(23-13-11-22(12-14-23)21-9-5-2-6-10-21)25-15-17-26(18-16-25)30(28,29)19-20-7-3-1-4-8-20/h1-14H,15-19H2. The summed E-state index contributed by atoms with van der Waals surface area (Å²) in [6.45, 7) is 1.44. The molecule has 0 aliphatic carbocycles. The summed E-state index contributed by atoms with van der Waals surface area (Å²) < 4.78 is 26.9. The van der Waals surface area contributed by atoms with Gasteiger partial charge < -0.3 is 4.90 Å². The van der Waals surface area contributed by atoms with Crippen molar-refractivity contribution in [2.75, 3.05) is 26.2 Å². The average molecular weight is 421 g/mol. The molecule has 1 aliphatic heterocycles. The Morgan fingerprint density at radius 1 is 0.700 bits per heavy atom. The number of rotatable bonds is 5. The fraction of sp³-hybridized carbons (Fsp3) is 0.208. The van der Waals surface area contributed by atoms with Crippen LogP contribution in [-0.4, -0.2) is 49.7 Å². The second-order valence-electron chi connectivity index (χ2n) is 7.38. The van der Waals surface area contributed by atoms with Crippen LogP contribution in [0.15, 0.2) is 84.9 Å². The molecule has 0 aromatic heterocycles. The predicted octanol–water partition coefficient (Wildman–Crippen LogP) is 3.64. The molecule has 6 heteroatoms. The molecule has 3 aromatic rings. The van der Waals surface area contributed by atoms with Gasteiger partial charge in [-0.15, -0.1) is 0 Å². The molecular formula is C24H24N2O3S. The average Bonchev–Trinajstić information content (AvgIpc) is 2.80. The summed E-state index contributed by atoms with van der Waals surface area (Å²) in [6.07, 6.45) is 0. The van der Waals surface area contributed by atoms with Crippen LogP contribution in [0.25, 0.3) is 11.1 Å². The van der Waals surface area contributed by atoms with Crippen molar-refractivity contribution in [3.63, 3.8) is 0 Å². The van der Waals surface area contributed by atoms with Gasteiger partial charge in [-0.25, -0.2) is 8.42 Å². The molecule has 1 heterocycles. The van der Waals surface area contributed by atoms with Gasteiger partial charge in [-0.3, -0.25) is 4.79 Å². The number of piperazine rings is 1. The van der Waals surface area contributed by atoms with Crippen LogP contribution < -0.4 is 0 Å². The van der Waals surface area contributed by atoms with Crippen LogP contribution in [-0.2, 0) is 15.8 Å². The number of carbonyl (C=O) groups excluding carboxylic acids is 1. The highest BCUT2D eigenvalue weighted by Crippen LogP contribution is 2.21. The normalized spacial score (nSPS) is 15.1. The largest absolute Gasteiger partial charge is 0.336 e. The van der Waals surface area contributed by atoms with Crippen molar-refractivity contribution < 1.29 is 13.2 Å². The number of sulfonamides is 1. The van der Waals surface area contributed by atoms with Crippen molar-refractivity contribution in [1.29, 1.82) is 0 Å². The van der Waals surface area contributed by atoms with Gasteiger partial charge >= 0.3 is 0 Å². The van der Waals surface area contributed by atoms with E-state index in [-0.39, 0.29) is 11.7 Å². The molecule has 5 nitrogen and oxygen atoms in total. The van der Waals surface area contributed by atoms with Gasteiger partial charge in [0.1, 0.15) is 0 Å². The lowest BCUT2D eigenvalue weighted by Crippen LogP contribution is -2.50. The summed E-state index contributed by atoms with van der Waals surface area (Å²) in [6, 6.07) is 26.8. The first kappa shape index (κ1) is 20.3. The Labute approximate surface area is 177 Å². The first-order chi connectivity index (χ1) is 14.5. The van der Waals surface area contributed by atoms with Crippen LogP contribution in [0.4, 0.5) is 0 Å². The zero-order valence-corrected chi connectivity index (χ0v) is 17.5. The van der Waals surface area contributed by atoms with Crippen LogP contribution in [0, 0.1) is 0 Å². The molecule has 0 spiro atoms. The second-order valence-corrected chi connectivity index (χ2v) is 9.35. The summed E-state index contributed by atoms with van der Waals surface area (Å²) in [7, 11) is -3.39. The fourth-order valence-corrected chi connectivity index (χ4v) is 5.18. The van der Waals surface area contributed by atoms with Gasteiger partial charge in [0.25, 0.3) is 5.91 Å². The number of benzene rings is 3. The molecular weight excluding hydrogens is 396 g/mol. The molecule has 30 heavy (non-hydrogen) atoms. The van der Waals surface area contributed by atoms with E-state index in [9.17, 15) is 13.2 Å². The van der Waals surface area contributed by atoms with E-state index in [1.807, 2.05) is 84.9 Å². The summed E-state index contributed by atoms with van der Waals surface area (Å²) in [5, 5.41) is 0. The van der Waals surface area contributed by atoms with Gasteiger partial charge in [0.05, 0.1) is 5.75 Å². The fourth-order valence-electron chi connectivity index (χ4n) is 3.66. The maximum absolute atomic E-state index is 12.9. The van der Waals surface area contributed by atoms with E-state index in [1.54, 1.807) is 4.90 Å². The van der Waals surface area contributed by atoms with Crippen molar-refractivity contribution in [1.82, 2.24) is 9.21 Å². The Hall–Kier alpha value is -2.96. The van der Waals surface area contributed by atoms with Crippen LogP contribution in [0.5, 0.6) is 0 Å². The third-order valence-corrected chi connectivity index (χ3v) is 7.20. The second kappa shape index (κ2) is 8.81. The van der Waals surface area contributed by atoms with E-state index < -0.39 is 10.0 Å². The third-order valence-electron chi connectivity index (χ3n) is 5.35. The van der Waals surface area contributed by atoms with E-state index in [0.29, 0.717) is 31.7 Å². The van der Waals surface area contributed by atoms with Gasteiger partial charge in [0.2, 0.25) is 10.0 Å². The van der Waals surface area contributed by atoms with Crippen LogP contribution in [0.3, 0.4) is 0 Å². The van der Waals surface area contributed by atoms with Gasteiger partial charge in [0.15, 0.2) is 0 Å². The Morgan fingerprint density at radius 3 is 1.83 bits per heavy atom. The number of amides is 1. The van der Waals surface area contributed by atoms with Gasteiger partial charge in [-0.05, 0) is 28.8 Å². The first-order valence-electron chi connectivity index (χ1n) is 9.99. The summed E-state index contributed by atoms with van der Waals surface area (Å²) in [5.74, 6) is -0.0716. The van der Waals surface area contributed by atoms with E-state index in [2.05, 4.69) is 0 Å². The quantitative estimate of drug-likeness (QED) is 0.633. The Balaban J connectivity index is 1.37. The van der Waals surface area contributed by atoms with Gasteiger partial charge in [0, 0.05) is 31.7 Å². The van der Waals surface area contributed by atoms with Crippen molar-refractivity contribution in [2.24, 2.45) is 0 Å². The molecule has 0 saturated carbocycles. The SMILES string of the molecule is O=C(c1ccc(-c2ccccc2)cc1)N1CCN(S(=O)(=O)Cc2ccccc2)CC1. The topological polar surface area (TPSA) is 57.7 Å². The number of hydrogen-bond acceptors (Lipinski definition) is 3. The van der Waals surface area contributed by atoms with Crippen LogP contribution in [0.1, 0.15) is 15.9 Å². The number of carbonyl (C=O) groups is 1. The molecule has 3 aromatic carbocycles. The molecule has 0 N–H and O–H groups in total. The minimum Gasteiger partial charge on any atom is -0.336 e. The minimum absolute atomic E-state index is 0.0112. The Bertz CT molecular complexity index is 1090. The molecule has 1 aliphatic rings. The molecule has 0 bridgehead atoms. The lowest BCUT2D eigenvalue weighted by Gasteiger charge is -2.34. The molecule has 0 unspecified atom stereocenters. The highest BCUT2D eigenvalue weighted by atomic mass is 32.2. The Morgan fingerprint density at radius 2 is 1.23 bits per heavy atom. The molecule has 154 valence electrons.